The van der Waals surface area contributed by atoms with Gasteiger partial charge in [-0.3, -0.25) is 4.79 Å². The molecule has 2 rings (SSSR count). The van der Waals surface area contributed by atoms with Crippen molar-refractivity contribution in [3.05, 3.63) is 29.8 Å². The van der Waals surface area contributed by atoms with Crippen molar-refractivity contribution in [1.29, 1.82) is 0 Å². The third-order valence-electron chi connectivity index (χ3n) is 3.45. The van der Waals surface area contributed by atoms with E-state index in [0.717, 1.165) is 30.6 Å². The minimum atomic E-state index is -0.317. The van der Waals surface area contributed by atoms with E-state index in [9.17, 15) is 4.79 Å². The lowest BCUT2D eigenvalue weighted by Crippen LogP contribution is -2.38. The molecule has 98 valence electrons. The third-order valence-corrected chi connectivity index (χ3v) is 3.45. The smallest absolute Gasteiger partial charge is 0.228 e. The first-order valence-corrected chi connectivity index (χ1v) is 6.56. The molecule has 1 aromatic carbocycles. The number of nitrogens with zero attached hydrogens (tertiary/aromatic N) is 1. The zero-order chi connectivity index (χ0) is 13.3. The molecule has 0 radical (unpaired) electrons. The van der Waals surface area contributed by atoms with Crippen LogP contribution >= 0.6 is 0 Å². The van der Waals surface area contributed by atoms with Crippen LogP contribution in [-0.2, 0) is 4.79 Å². The Hall–Kier alpha value is -1.51. The number of rotatable bonds is 1. The first-order valence-electron chi connectivity index (χ1n) is 6.56. The van der Waals surface area contributed by atoms with Crippen LogP contribution < -0.4 is 5.73 Å². The number of benzene rings is 1. The zero-order valence-electron chi connectivity index (χ0n) is 11.4. The van der Waals surface area contributed by atoms with Crippen LogP contribution in [0.25, 0.3) is 0 Å². The summed E-state index contributed by atoms with van der Waals surface area (Å²) in [7, 11) is 0. The van der Waals surface area contributed by atoms with Crippen molar-refractivity contribution in [2.45, 2.75) is 39.7 Å². The number of likely N-dealkylation sites (tertiary alicyclic amines) is 1. The molecule has 1 heterocycles. The van der Waals surface area contributed by atoms with Crippen molar-refractivity contribution < 1.29 is 4.79 Å². The second kappa shape index (κ2) is 4.63. The Morgan fingerprint density at radius 2 is 2.11 bits per heavy atom. The molecule has 1 unspecified atom stereocenters. The van der Waals surface area contributed by atoms with E-state index in [-0.39, 0.29) is 17.4 Å². The van der Waals surface area contributed by atoms with Gasteiger partial charge in [-0.2, -0.15) is 0 Å². The maximum atomic E-state index is 12.4. The van der Waals surface area contributed by atoms with Gasteiger partial charge in [-0.15, -0.1) is 0 Å². The summed E-state index contributed by atoms with van der Waals surface area (Å²) >= 11 is 0. The molecule has 1 atom stereocenters. The number of amides is 1. The van der Waals surface area contributed by atoms with Crippen molar-refractivity contribution in [2.24, 2.45) is 5.41 Å². The van der Waals surface area contributed by atoms with E-state index in [4.69, 9.17) is 5.73 Å². The fourth-order valence-electron chi connectivity index (χ4n) is 2.55. The Balaban J connectivity index is 2.25. The van der Waals surface area contributed by atoms with E-state index in [0.29, 0.717) is 0 Å². The Bertz CT molecular complexity index is 448. The monoisotopic (exact) mass is 246 g/mol. The number of anilines is 1. The second-order valence-electron chi connectivity index (χ2n) is 6.08. The molecule has 0 spiro atoms. The molecular formula is C15H22N2O. The summed E-state index contributed by atoms with van der Waals surface area (Å²) in [6, 6.07) is 8.09. The number of carbonyl (C=O) groups excluding carboxylic acids is 1. The Morgan fingerprint density at radius 3 is 2.72 bits per heavy atom. The van der Waals surface area contributed by atoms with E-state index in [1.165, 1.54) is 0 Å². The van der Waals surface area contributed by atoms with Gasteiger partial charge in [0, 0.05) is 17.6 Å². The Morgan fingerprint density at radius 1 is 1.39 bits per heavy atom. The zero-order valence-corrected chi connectivity index (χ0v) is 11.4. The summed E-state index contributed by atoms with van der Waals surface area (Å²) in [5.74, 6) is 0.229. The maximum absolute atomic E-state index is 12.4. The van der Waals surface area contributed by atoms with E-state index in [2.05, 4.69) is 6.07 Å². The van der Waals surface area contributed by atoms with Gasteiger partial charge in [0.05, 0.1) is 6.04 Å². The molecule has 0 aromatic heterocycles. The topological polar surface area (TPSA) is 46.3 Å². The van der Waals surface area contributed by atoms with Gasteiger partial charge < -0.3 is 10.6 Å². The van der Waals surface area contributed by atoms with Crippen LogP contribution in [0.2, 0.25) is 0 Å². The molecule has 1 aromatic rings. The summed E-state index contributed by atoms with van der Waals surface area (Å²) < 4.78 is 0. The molecular weight excluding hydrogens is 224 g/mol. The quantitative estimate of drug-likeness (QED) is 0.774. The normalized spacial score (nSPS) is 20.2. The van der Waals surface area contributed by atoms with Crippen LogP contribution in [0.5, 0.6) is 0 Å². The van der Waals surface area contributed by atoms with Gasteiger partial charge in [-0.25, -0.2) is 0 Å². The van der Waals surface area contributed by atoms with E-state index in [1.807, 2.05) is 43.9 Å². The molecule has 1 fully saturated rings. The number of nitrogen functional groups attached to an aromatic ring is 1. The predicted octanol–water partition coefficient (Wildman–Crippen LogP) is 2.98. The summed E-state index contributed by atoms with van der Waals surface area (Å²) in [6.45, 7) is 6.79. The highest BCUT2D eigenvalue weighted by atomic mass is 16.2. The second-order valence-corrected chi connectivity index (χ2v) is 6.08. The Labute approximate surface area is 109 Å². The van der Waals surface area contributed by atoms with E-state index >= 15 is 0 Å². The first kappa shape index (κ1) is 12.9. The lowest BCUT2D eigenvalue weighted by molar-refractivity contribution is -0.140. The molecule has 1 saturated heterocycles. The van der Waals surface area contributed by atoms with Gasteiger partial charge in [0.1, 0.15) is 0 Å². The van der Waals surface area contributed by atoms with Gasteiger partial charge in [0.15, 0.2) is 0 Å². The maximum Gasteiger partial charge on any atom is 0.228 e. The molecule has 0 bridgehead atoms. The van der Waals surface area contributed by atoms with Crippen molar-refractivity contribution >= 4 is 11.6 Å². The minimum absolute atomic E-state index is 0.195. The van der Waals surface area contributed by atoms with Gasteiger partial charge in [-0.1, -0.05) is 32.9 Å². The number of hydrogen-bond acceptors (Lipinski definition) is 2. The number of nitrogens with two attached hydrogens (primary N) is 1. The minimum Gasteiger partial charge on any atom is -0.399 e. The average molecular weight is 246 g/mol. The highest BCUT2D eigenvalue weighted by Crippen LogP contribution is 2.35. The van der Waals surface area contributed by atoms with Crippen molar-refractivity contribution in [1.82, 2.24) is 4.90 Å². The fourth-order valence-corrected chi connectivity index (χ4v) is 2.55. The van der Waals surface area contributed by atoms with Crippen LogP contribution in [0.4, 0.5) is 5.69 Å². The molecule has 2 N–H and O–H groups in total. The largest absolute Gasteiger partial charge is 0.399 e. The molecule has 0 aliphatic carbocycles. The molecule has 18 heavy (non-hydrogen) atoms. The molecule has 3 nitrogen and oxygen atoms in total. The van der Waals surface area contributed by atoms with E-state index in [1.54, 1.807) is 0 Å². The van der Waals surface area contributed by atoms with Crippen molar-refractivity contribution in [3.63, 3.8) is 0 Å². The van der Waals surface area contributed by atoms with Crippen LogP contribution in [-0.4, -0.2) is 17.4 Å². The summed E-state index contributed by atoms with van der Waals surface area (Å²) in [6.07, 6.45) is 2.10. The molecule has 1 aliphatic heterocycles. The standard InChI is InChI=1S/C15H22N2O/c1-15(2,3)14(18)17-9-5-8-13(17)11-6-4-7-12(16)10-11/h4,6-7,10,13H,5,8-9,16H2,1-3H3. The van der Waals surface area contributed by atoms with Gasteiger partial charge >= 0.3 is 0 Å². The van der Waals surface area contributed by atoms with Crippen molar-refractivity contribution in [2.75, 3.05) is 12.3 Å². The molecule has 0 saturated carbocycles. The van der Waals surface area contributed by atoms with E-state index < -0.39 is 0 Å². The molecule has 1 amide bonds. The van der Waals surface area contributed by atoms with Crippen LogP contribution in [0.15, 0.2) is 24.3 Å². The summed E-state index contributed by atoms with van der Waals surface area (Å²) in [4.78, 5) is 14.4. The first-order chi connectivity index (χ1) is 8.39. The lowest BCUT2D eigenvalue weighted by atomic mass is 9.93. The van der Waals surface area contributed by atoms with Gasteiger partial charge in [0.25, 0.3) is 0 Å². The molecule has 1 aliphatic rings. The summed E-state index contributed by atoms with van der Waals surface area (Å²) in [5.41, 5.74) is 7.44. The molecule has 3 heteroatoms. The highest BCUT2D eigenvalue weighted by Gasteiger charge is 2.35. The fraction of sp³-hybridized carbons (Fsp3) is 0.533. The van der Waals surface area contributed by atoms with Crippen LogP contribution in [0, 0.1) is 5.41 Å². The van der Waals surface area contributed by atoms with Crippen molar-refractivity contribution in [3.8, 4) is 0 Å². The highest BCUT2D eigenvalue weighted by molar-refractivity contribution is 5.82. The third kappa shape index (κ3) is 2.50. The van der Waals surface area contributed by atoms with Gasteiger partial charge in [0.2, 0.25) is 5.91 Å². The van der Waals surface area contributed by atoms with Crippen LogP contribution in [0.1, 0.15) is 45.2 Å². The SMILES string of the molecule is CC(C)(C)C(=O)N1CCCC1c1cccc(N)c1. The average Bonchev–Trinajstić information content (AvgIpc) is 2.75. The van der Waals surface area contributed by atoms with Crippen LogP contribution in [0.3, 0.4) is 0 Å². The number of carbonyl (C=O) groups is 1. The van der Waals surface area contributed by atoms with Gasteiger partial charge in [-0.05, 0) is 30.5 Å². The summed E-state index contributed by atoms with van der Waals surface area (Å²) in [5, 5.41) is 0. The predicted molar refractivity (Wildman–Crippen MR) is 74.0 cm³/mol. The number of hydrogen-bond donors (Lipinski definition) is 1. The lowest BCUT2D eigenvalue weighted by Gasteiger charge is -2.31. The Kier molecular flexibility index (Phi) is 3.33.